The second-order valence-electron chi connectivity index (χ2n) is 5.80. The number of carbonyl (C=O) groups excluding carboxylic acids is 1. The standard InChI is InChI=1S/C21H13N3OS2/c1-26-21-24-20(25)18(27-21)10-13-7-8-17-16(9-13)19(15(11-22)12-23-17)14-5-3-2-4-6-14/h2-10,12H,1H3/b18-10+. The minimum atomic E-state index is -0.211. The van der Waals surface area contributed by atoms with Crippen LogP contribution in [0.1, 0.15) is 11.1 Å². The molecule has 0 fully saturated rings. The Bertz CT molecular complexity index is 1160. The highest BCUT2D eigenvalue weighted by molar-refractivity contribution is 8.40. The van der Waals surface area contributed by atoms with E-state index in [9.17, 15) is 10.1 Å². The monoisotopic (exact) mass is 387 g/mol. The van der Waals surface area contributed by atoms with E-state index in [-0.39, 0.29) is 5.91 Å². The quantitative estimate of drug-likeness (QED) is 0.572. The normalized spacial score (nSPS) is 15.2. The van der Waals surface area contributed by atoms with E-state index in [2.05, 4.69) is 16.0 Å². The van der Waals surface area contributed by atoms with Gasteiger partial charge in [0, 0.05) is 17.1 Å². The highest BCUT2D eigenvalue weighted by Gasteiger charge is 2.21. The molecular weight excluding hydrogens is 374 g/mol. The van der Waals surface area contributed by atoms with Crippen molar-refractivity contribution in [3.63, 3.8) is 0 Å². The van der Waals surface area contributed by atoms with Gasteiger partial charge in [-0.3, -0.25) is 9.78 Å². The first kappa shape index (κ1) is 17.5. The van der Waals surface area contributed by atoms with Crippen LogP contribution in [0, 0.1) is 11.3 Å². The number of nitriles is 1. The van der Waals surface area contributed by atoms with Crippen LogP contribution in [-0.4, -0.2) is 21.5 Å². The lowest BCUT2D eigenvalue weighted by Gasteiger charge is -2.09. The van der Waals surface area contributed by atoms with Gasteiger partial charge < -0.3 is 0 Å². The lowest BCUT2D eigenvalue weighted by molar-refractivity contribution is -0.113. The van der Waals surface area contributed by atoms with Crippen LogP contribution in [0.25, 0.3) is 28.1 Å². The van der Waals surface area contributed by atoms with Gasteiger partial charge in [-0.05, 0) is 35.6 Å². The van der Waals surface area contributed by atoms with Crippen LogP contribution >= 0.6 is 23.5 Å². The second kappa shape index (κ2) is 7.39. The Kier molecular flexibility index (Phi) is 4.80. The summed E-state index contributed by atoms with van der Waals surface area (Å²) in [5.74, 6) is -0.211. The molecule has 3 aromatic rings. The van der Waals surface area contributed by atoms with Gasteiger partial charge in [0.1, 0.15) is 10.4 Å². The second-order valence-corrected chi connectivity index (χ2v) is 7.88. The molecule has 2 aromatic carbocycles. The molecule has 0 radical (unpaired) electrons. The van der Waals surface area contributed by atoms with Gasteiger partial charge in [-0.15, -0.1) is 11.8 Å². The van der Waals surface area contributed by atoms with E-state index in [1.54, 1.807) is 6.20 Å². The average Bonchev–Trinajstić information content (AvgIpc) is 3.07. The highest BCUT2D eigenvalue weighted by Crippen LogP contribution is 2.35. The van der Waals surface area contributed by atoms with Crippen molar-refractivity contribution in [3.05, 3.63) is 70.8 Å². The maximum Gasteiger partial charge on any atom is 0.285 e. The molecule has 1 amide bonds. The summed E-state index contributed by atoms with van der Waals surface area (Å²) >= 11 is 2.85. The number of benzene rings is 2. The van der Waals surface area contributed by atoms with Crippen molar-refractivity contribution in [1.29, 1.82) is 5.26 Å². The summed E-state index contributed by atoms with van der Waals surface area (Å²) in [5, 5.41) is 10.4. The SMILES string of the molecule is CSC1=NC(=O)/C(=C\c2ccc3ncc(C#N)c(-c4ccccc4)c3c2)S1. The Morgan fingerprint density at radius 3 is 2.70 bits per heavy atom. The molecule has 130 valence electrons. The van der Waals surface area contributed by atoms with Crippen LogP contribution in [0.2, 0.25) is 0 Å². The first-order chi connectivity index (χ1) is 13.2. The van der Waals surface area contributed by atoms with E-state index >= 15 is 0 Å². The Labute approximate surface area is 165 Å². The molecule has 1 aliphatic rings. The van der Waals surface area contributed by atoms with E-state index in [4.69, 9.17) is 0 Å². The number of carbonyl (C=O) groups is 1. The fourth-order valence-corrected chi connectivity index (χ4v) is 4.35. The van der Waals surface area contributed by atoms with Gasteiger partial charge in [0.15, 0.2) is 0 Å². The van der Waals surface area contributed by atoms with Crippen LogP contribution in [0.4, 0.5) is 0 Å². The molecule has 0 saturated heterocycles. The number of thioether (sulfide) groups is 2. The van der Waals surface area contributed by atoms with Gasteiger partial charge in [-0.25, -0.2) is 0 Å². The lowest BCUT2D eigenvalue weighted by atomic mass is 9.96. The zero-order chi connectivity index (χ0) is 18.8. The molecule has 6 heteroatoms. The molecule has 4 nitrogen and oxygen atoms in total. The summed E-state index contributed by atoms with van der Waals surface area (Å²) in [6, 6.07) is 17.9. The first-order valence-corrected chi connectivity index (χ1v) is 10.2. The number of pyridine rings is 1. The topological polar surface area (TPSA) is 66.1 Å². The molecule has 0 saturated carbocycles. The molecule has 1 aromatic heterocycles. The third-order valence-electron chi connectivity index (χ3n) is 4.15. The molecule has 0 bridgehead atoms. The largest absolute Gasteiger partial charge is 0.285 e. The average molecular weight is 387 g/mol. The van der Waals surface area contributed by atoms with Gasteiger partial charge in [0.25, 0.3) is 5.91 Å². The van der Waals surface area contributed by atoms with Crippen LogP contribution in [0.3, 0.4) is 0 Å². The Balaban J connectivity index is 1.87. The smallest absolute Gasteiger partial charge is 0.266 e. The van der Waals surface area contributed by atoms with Crippen molar-refractivity contribution in [2.45, 2.75) is 0 Å². The first-order valence-electron chi connectivity index (χ1n) is 8.14. The number of fused-ring (bicyclic) bond motifs is 1. The molecule has 0 aliphatic carbocycles. The number of rotatable bonds is 2. The lowest BCUT2D eigenvalue weighted by Crippen LogP contribution is -1.92. The summed E-state index contributed by atoms with van der Waals surface area (Å²) in [6.07, 6.45) is 5.35. The minimum absolute atomic E-state index is 0.211. The van der Waals surface area contributed by atoms with Crippen molar-refractivity contribution in [3.8, 4) is 17.2 Å². The summed E-state index contributed by atoms with van der Waals surface area (Å²) in [6.45, 7) is 0. The van der Waals surface area contributed by atoms with E-state index in [0.717, 1.165) is 32.0 Å². The van der Waals surface area contributed by atoms with Gasteiger partial charge in [-0.2, -0.15) is 10.3 Å². The third-order valence-corrected chi connectivity index (χ3v) is 6.12. The van der Waals surface area contributed by atoms with Gasteiger partial charge in [0.2, 0.25) is 0 Å². The van der Waals surface area contributed by atoms with E-state index in [1.165, 1.54) is 23.5 Å². The Hall–Kier alpha value is -2.88. The summed E-state index contributed by atoms with van der Waals surface area (Å²) in [4.78, 5) is 21.1. The van der Waals surface area contributed by atoms with Gasteiger partial charge >= 0.3 is 0 Å². The van der Waals surface area contributed by atoms with Gasteiger partial charge in [0.05, 0.1) is 16.0 Å². The minimum Gasteiger partial charge on any atom is -0.266 e. The molecule has 0 spiro atoms. The predicted molar refractivity (Wildman–Crippen MR) is 113 cm³/mol. The number of aliphatic imine (C=N–C) groups is 1. The maximum absolute atomic E-state index is 12.1. The maximum atomic E-state index is 12.1. The van der Waals surface area contributed by atoms with Crippen molar-refractivity contribution in [2.24, 2.45) is 4.99 Å². The number of aromatic nitrogens is 1. The number of nitrogens with zero attached hydrogens (tertiary/aromatic N) is 3. The van der Waals surface area contributed by atoms with Crippen LogP contribution < -0.4 is 0 Å². The summed E-state index contributed by atoms with van der Waals surface area (Å²) in [5.41, 5.74) is 4.03. The van der Waals surface area contributed by atoms with Crippen molar-refractivity contribution < 1.29 is 4.79 Å². The molecule has 2 heterocycles. The number of hydrogen-bond donors (Lipinski definition) is 0. The Morgan fingerprint density at radius 1 is 1.19 bits per heavy atom. The van der Waals surface area contributed by atoms with Crippen molar-refractivity contribution >= 4 is 50.8 Å². The molecule has 0 unspecified atom stereocenters. The molecule has 4 rings (SSSR count). The van der Waals surface area contributed by atoms with E-state index < -0.39 is 0 Å². The van der Waals surface area contributed by atoms with Crippen LogP contribution in [0.5, 0.6) is 0 Å². The summed E-state index contributed by atoms with van der Waals surface area (Å²) < 4.78 is 0.755. The molecular formula is C21H13N3OS2. The van der Waals surface area contributed by atoms with Crippen molar-refractivity contribution in [2.75, 3.05) is 6.26 Å². The summed E-state index contributed by atoms with van der Waals surface area (Å²) in [7, 11) is 0. The molecule has 0 atom stereocenters. The molecule has 1 aliphatic heterocycles. The van der Waals surface area contributed by atoms with Crippen LogP contribution in [0.15, 0.2) is 64.6 Å². The predicted octanol–water partition coefficient (Wildman–Crippen LogP) is 5.11. The zero-order valence-corrected chi connectivity index (χ0v) is 16.0. The Morgan fingerprint density at radius 2 is 2.00 bits per heavy atom. The number of amides is 1. The van der Waals surface area contributed by atoms with E-state index in [1.807, 2.05) is 60.9 Å². The highest BCUT2D eigenvalue weighted by atomic mass is 32.2. The third kappa shape index (κ3) is 3.39. The zero-order valence-electron chi connectivity index (χ0n) is 14.3. The fourth-order valence-electron chi connectivity index (χ4n) is 2.93. The molecule has 27 heavy (non-hydrogen) atoms. The number of hydrogen-bond acceptors (Lipinski definition) is 5. The van der Waals surface area contributed by atoms with Crippen molar-refractivity contribution in [1.82, 2.24) is 4.98 Å². The molecule has 0 N–H and O–H groups in total. The van der Waals surface area contributed by atoms with E-state index in [0.29, 0.717) is 10.5 Å². The fraction of sp³-hybridized carbons (Fsp3) is 0.0476. The van der Waals surface area contributed by atoms with Crippen LogP contribution in [-0.2, 0) is 4.79 Å². The van der Waals surface area contributed by atoms with Gasteiger partial charge in [-0.1, -0.05) is 48.2 Å².